The van der Waals surface area contributed by atoms with Crippen LogP contribution in [0.15, 0.2) is 103 Å². The molecule has 7 rings (SSSR count). The molecule has 0 amide bonds. The molecule has 6 heteroatoms. The number of thiazole rings is 1. The number of fused-ring (bicyclic) bond motifs is 4. The lowest BCUT2D eigenvalue weighted by Gasteiger charge is -2.11. The zero-order chi connectivity index (χ0) is 22.5. The molecule has 5 nitrogen and oxygen atoms in total. The van der Waals surface area contributed by atoms with Crippen molar-refractivity contribution in [3.05, 3.63) is 103 Å². The lowest BCUT2D eigenvalue weighted by Crippen LogP contribution is -2.06. The molecular weight excluding hydrogens is 438 g/mol. The highest BCUT2D eigenvalue weighted by molar-refractivity contribution is 7.17. The molecule has 0 aliphatic carbocycles. The molecule has 0 unspecified atom stereocenters. The minimum absolute atomic E-state index is 0.600. The van der Waals surface area contributed by atoms with Crippen LogP contribution >= 0.6 is 11.3 Å². The Bertz CT molecular complexity index is 1760. The molecule has 0 aliphatic heterocycles. The molecule has 7 aromatic rings. The van der Waals surface area contributed by atoms with Crippen LogP contribution in [0, 0.1) is 0 Å². The summed E-state index contributed by atoms with van der Waals surface area (Å²) in [4.78, 5) is 19.4. The lowest BCUT2D eigenvalue weighted by atomic mass is 10.2. The van der Waals surface area contributed by atoms with E-state index in [0.29, 0.717) is 17.6 Å². The zero-order valence-electron chi connectivity index (χ0n) is 18.0. The van der Waals surface area contributed by atoms with Crippen LogP contribution in [0.2, 0.25) is 0 Å². The molecule has 0 saturated carbocycles. The zero-order valence-corrected chi connectivity index (χ0v) is 18.8. The molecule has 0 fully saturated rings. The van der Waals surface area contributed by atoms with E-state index in [1.54, 1.807) is 11.3 Å². The number of hydrogen-bond donors (Lipinski definition) is 0. The van der Waals surface area contributed by atoms with Crippen molar-refractivity contribution in [3.8, 4) is 28.7 Å². The third kappa shape index (κ3) is 2.93. The van der Waals surface area contributed by atoms with Crippen molar-refractivity contribution in [1.82, 2.24) is 24.5 Å². The highest BCUT2D eigenvalue weighted by Gasteiger charge is 2.18. The van der Waals surface area contributed by atoms with Gasteiger partial charge in [0.15, 0.2) is 11.6 Å². The van der Waals surface area contributed by atoms with E-state index in [4.69, 9.17) is 15.0 Å². The Kier molecular flexibility index (Phi) is 4.25. The van der Waals surface area contributed by atoms with E-state index in [1.807, 2.05) is 48.0 Å². The van der Waals surface area contributed by atoms with Crippen LogP contribution in [0.25, 0.3) is 60.7 Å². The summed E-state index contributed by atoms with van der Waals surface area (Å²) in [7, 11) is 0. The fourth-order valence-electron chi connectivity index (χ4n) is 4.50. The molecule has 3 heterocycles. The smallest absolute Gasteiger partial charge is 0.238 e. The van der Waals surface area contributed by atoms with Crippen molar-refractivity contribution in [1.29, 1.82) is 0 Å². The molecule has 0 atom stereocenters. The van der Waals surface area contributed by atoms with Gasteiger partial charge in [0.05, 0.1) is 26.8 Å². The summed E-state index contributed by atoms with van der Waals surface area (Å²) >= 11 is 1.60. The third-order valence-electron chi connectivity index (χ3n) is 6.03. The summed E-state index contributed by atoms with van der Waals surface area (Å²) in [5.41, 5.74) is 6.85. The highest BCUT2D eigenvalue weighted by atomic mass is 32.1. The van der Waals surface area contributed by atoms with Crippen molar-refractivity contribution >= 4 is 43.4 Å². The van der Waals surface area contributed by atoms with Crippen LogP contribution in [-0.4, -0.2) is 24.5 Å². The first kappa shape index (κ1) is 19.1. The van der Waals surface area contributed by atoms with Gasteiger partial charge in [-0.2, -0.15) is 9.97 Å². The highest BCUT2D eigenvalue weighted by Crippen LogP contribution is 2.34. The number of hydrogen-bond acceptors (Lipinski definition) is 5. The molecule has 0 aliphatic rings. The molecular formula is C28H17N5S. The van der Waals surface area contributed by atoms with Gasteiger partial charge in [-0.15, -0.1) is 11.3 Å². The summed E-state index contributed by atoms with van der Waals surface area (Å²) < 4.78 is 3.20. The fourth-order valence-corrected chi connectivity index (χ4v) is 5.30. The van der Waals surface area contributed by atoms with Crippen LogP contribution in [-0.2, 0) is 0 Å². The van der Waals surface area contributed by atoms with Crippen LogP contribution in [0.4, 0.5) is 0 Å². The number of nitrogens with zero attached hydrogens (tertiary/aromatic N) is 5. The number of aromatic nitrogens is 5. The monoisotopic (exact) mass is 455 g/mol. The standard InChI is InChI=1S/C28H17N5S/c1-2-9-18(10-3-1)26-30-27(21-13-8-14-22-25(21)34-17-29-22)32-28(31-26)33-23-15-6-4-11-19(23)20-12-5-7-16-24(20)33/h1-17H. The van der Waals surface area contributed by atoms with Crippen molar-refractivity contribution < 1.29 is 0 Å². The summed E-state index contributed by atoms with van der Waals surface area (Å²) in [6.07, 6.45) is 0. The second-order valence-electron chi connectivity index (χ2n) is 8.02. The van der Waals surface area contributed by atoms with Crippen LogP contribution < -0.4 is 0 Å². The average Bonchev–Trinajstić information content (AvgIpc) is 3.52. The lowest BCUT2D eigenvalue weighted by molar-refractivity contribution is 0.954. The number of rotatable bonds is 3. The van der Waals surface area contributed by atoms with Crippen LogP contribution in [0.1, 0.15) is 0 Å². The topological polar surface area (TPSA) is 56.5 Å². The van der Waals surface area contributed by atoms with Crippen LogP contribution in [0.5, 0.6) is 0 Å². The normalized spacial score (nSPS) is 11.5. The Morgan fingerprint density at radius 2 is 1.26 bits per heavy atom. The van der Waals surface area contributed by atoms with Gasteiger partial charge < -0.3 is 0 Å². The Balaban J connectivity index is 1.58. The average molecular weight is 456 g/mol. The molecule has 34 heavy (non-hydrogen) atoms. The van der Waals surface area contributed by atoms with Gasteiger partial charge in [-0.25, -0.2) is 9.97 Å². The van der Waals surface area contributed by atoms with Gasteiger partial charge in [0.2, 0.25) is 5.95 Å². The van der Waals surface area contributed by atoms with Crippen molar-refractivity contribution in [2.45, 2.75) is 0 Å². The summed E-state index contributed by atoms with van der Waals surface area (Å²) in [5.74, 6) is 1.88. The maximum absolute atomic E-state index is 5.02. The summed E-state index contributed by atoms with van der Waals surface area (Å²) in [6, 6.07) is 32.9. The Morgan fingerprint density at radius 1 is 0.588 bits per heavy atom. The van der Waals surface area contributed by atoms with Gasteiger partial charge in [-0.1, -0.05) is 72.8 Å². The first-order chi connectivity index (χ1) is 16.9. The van der Waals surface area contributed by atoms with Gasteiger partial charge >= 0.3 is 0 Å². The molecule has 0 saturated heterocycles. The molecule has 0 radical (unpaired) electrons. The van der Waals surface area contributed by atoms with Gasteiger partial charge in [-0.05, 0) is 24.3 Å². The molecule has 3 aromatic heterocycles. The first-order valence-corrected chi connectivity index (χ1v) is 11.9. The number of para-hydroxylation sites is 2. The van der Waals surface area contributed by atoms with Gasteiger partial charge in [0.1, 0.15) is 0 Å². The van der Waals surface area contributed by atoms with Crippen molar-refractivity contribution in [2.75, 3.05) is 0 Å². The second kappa shape index (κ2) is 7.57. The third-order valence-corrected chi connectivity index (χ3v) is 6.91. The Labute approximate surface area is 199 Å². The Morgan fingerprint density at radius 3 is 2.03 bits per heavy atom. The maximum Gasteiger partial charge on any atom is 0.238 e. The quantitative estimate of drug-likeness (QED) is 0.290. The van der Waals surface area contributed by atoms with Gasteiger partial charge in [0.25, 0.3) is 0 Å². The summed E-state index contributed by atoms with van der Waals surface area (Å²) in [6.45, 7) is 0. The molecule has 160 valence electrons. The fraction of sp³-hybridized carbons (Fsp3) is 0. The van der Waals surface area contributed by atoms with Gasteiger partial charge in [-0.3, -0.25) is 4.57 Å². The predicted molar refractivity (Wildman–Crippen MR) is 138 cm³/mol. The van der Waals surface area contributed by atoms with Crippen molar-refractivity contribution in [3.63, 3.8) is 0 Å². The minimum Gasteiger partial charge on any atom is -0.278 e. The number of benzene rings is 4. The summed E-state index contributed by atoms with van der Waals surface area (Å²) in [5, 5.41) is 2.34. The van der Waals surface area contributed by atoms with Crippen molar-refractivity contribution in [2.24, 2.45) is 0 Å². The molecule has 0 spiro atoms. The SMILES string of the molecule is c1ccc(-c2nc(-c3cccc4ncsc34)nc(-n3c4ccccc4c4ccccc43)n2)cc1. The van der Waals surface area contributed by atoms with E-state index in [-0.39, 0.29) is 0 Å². The predicted octanol–water partition coefficient (Wildman–Crippen LogP) is 6.91. The minimum atomic E-state index is 0.600. The van der Waals surface area contributed by atoms with E-state index in [9.17, 15) is 0 Å². The van der Waals surface area contributed by atoms with E-state index in [1.165, 1.54) is 10.8 Å². The van der Waals surface area contributed by atoms with Gasteiger partial charge in [0, 0.05) is 21.9 Å². The second-order valence-corrected chi connectivity index (χ2v) is 8.88. The largest absolute Gasteiger partial charge is 0.278 e. The molecule has 0 N–H and O–H groups in total. The van der Waals surface area contributed by atoms with E-state index < -0.39 is 0 Å². The first-order valence-electron chi connectivity index (χ1n) is 11.0. The molecule has 4 aromatic carbocycles. The van der Waals surface area contributed by atoms with Crippen LogP contribution in [0.3, 0.4) is 0 Å². The van der Waals surface area contributed by atoms with E-state index >= 15 is 0 Å². The Hall–Kier alpha value is -4.42. The maximum atomic E-state index is 5.02. The van der Waals surface area contributed by atoms with E-state index in [0.717, 1.165) is 32.4 Å². The van der Waals surface area contributed by atoms with E-state index in [2.05, 4.69) is 64.1 Å². The molecule has 0 bridgehead atoms.